The van der Waals surface area contributed by atoms with Crippen molar-refractivity contribution in [3.8, 4) is 11.5 Å². The molecule has 0 spiro atoms. The average Bonchev–Trinajstić information content (AvgIpc) is 2.78. The molecule has 1 aromatic carbocycles. The van der Waals surface area contributed by atoms with Gasteiger partial charge in [-0.15, -0.1) is 0 Å². The molecule has 0 bridgehead atoms. The summed E-state index contributed by atoms with van der Waals surface area (Å²) in [5, 5.41) is 3.80. The molecular weight excluding hydrogens is 206 g/mol. The van der Waals surface area contributed by atoms with E-state index in [2.05, 4.69) is 10.1 Å². The second-order valence-corrected chi connectivity index (χ2v) is 3.54. The average molecular weight is 217 g/mol. The van der Waals surface area contributed by atoms with Gasteiger partial charge in [-0.25, -0.2) is 0 Å². The van der Waals surface area contributed by atoms with Crippen LogP contribution in [0.2, 0.25) is 0 Å². The van der Waals surface area contributed by atoms with E-state index in [0.29, 0.717) is 17.4 Å². The van der Waals surface area contributed by atoms with Gasteiger partial charge < -0.3 is 9.42 Å². The van der Waals surface area contributed by atoms with E-state index in [9.17, 15) is 4.79 Å². The highest BCUT2D eigenvalue weighted by molar-refractivity contribution is 5.77. The Morgan fingerprint density at radius 1 is 1.38 bits per heavy atom. The van der Waals surface area contributed by atoms with Crippen LogP contribution in [0.5, 0.6) is 0 Å². The Morgan fingerprint density at radius 3 is 2.81 bits per heavy atom. The van der Waals surface area contributed by atoms with Crippen molar-refractivity contribution in [2.45, 2.75) is 0 Å². The van der Waals surface area contributed by atoms with Gasteiger partial charge in [-0.2, -0.15) is 4.98 Å². The largest absolute Gasteiger partial charge is 0.344 e. The molecule has 0 fully saturated rings. The number of aromatic nitrogens is 2. The Balaban J connectivity index is 2.38. The van der Waals surface area contributed by atoms with Crippen LogP contribution in [0.3, 0.4) is 0 Å². The molecule has 16 heavy (non-hydrogen) atoms. The number of aldehydes is 1. The minimum absolute atomic E-state index is 0.410. The summed E-state index contributed by atoms with van der Waals surface area (Å²) in [4.78, 5) is 16.6. The van der Waals surface area contributed by atoms with Crippen molar-refractivity contribution in [3.63, 3.8) is 0 Å². The van der Waals surface area contributed by atoms with Crippen LogP contribution in [0.15, 0.2) is 28.8 Å². The minimum atomic E-state index is 0.410. The summed E-state index contributed by atoms with van der Waals surface area (Å²) in [5.74, 6) is 0.916. The zero-order valence-electron chi connectivity index (χ0n) is 9.04. The van der Waals surface area contributed by atoms with Gasteiger partial charge in [0.2, 0.25) is 0 Å². The van der Waals surface area contributed by atoms with Crippen molar-refractivity contribution < 1.29 is 9.32 Å². The van der Waals surface area contributed by atoms with Gasteiger partial charge >= 0.3 is 0 Å². The number of anilines is 1. The summed E-state index contributed by atoms with van der Waals surface area (Å²) in [7, 11) is 3.66. The number of hydrogen-bond donors (Lipinski definition) is 0. The molecule has 2 rings (SSSR count). The van der Waals surface area contributed by atoms with E-state index in [1.165, 1.54) is 0 Å². The molecule has 1 aromatic heterocycles. The van der Waals surface area contributed by atoms with E-state index in [4.69, 9.17) is 4.52 Å². The molecule has 1 heterocycles. The van der Waals surface area contributed by atoms with Crippen LogP contribution in [0.4, 0.5) is 5.95 Å². The third kappa shape index (κ3) is 1.93. The summed E-state index contributed by atoms with van der Waals surface area (Å²) < 4.78 is 5.09. The zero-order chi connectivity index (χ0) is 11.5. The van der Waals surface area contributed by atoms with Gasteiger partial charge in [0.05, 0.1) is 0 Å². The van der Waals surface area contributed by atoms with Gasteiger partial charge in [-0.3, -0.25) is 4.79 Å². The normalized spacial score (nSPS) is 10.1. The number of nitrogens with zero attached hydrogens (tertiary/aromatic N) is 3. The second-order valence-electron chi connectivity index (χ2n) is 3.54. The molecule has 0 radical (unpaired) electrons. The van der Waals surface area contributed by atoms with Crippen LogP contribution in [-0.4, -0.2) is 30.5 Å². The van der Waals surface area contributed by atoms with Crippen LogP contribution in [0, 0.1) is 0 Å². The highest BCUT2D eigenvalue weighted by Crippen LogP contribution is 2.19. The van der Waals surface area contributed by atoms with Crippen molar-refractivity contribution in [2.75, 3.05) is 19.0 Å². The maximum atomic E-state index is 10.6. The Hall–Kier alpha value is -2.17. The monoisotopic (exact) mass is 217 g/mol. The lowest BCUT2D eigenvalue weighted by atomic mass is 10.1. The van der Waals surface area contributed by atoms with E-state index in [-0.39, 0.29) is 0 Å². The summed E-state index contributed by atoms with van der Waals surface area (Å²) in [6.07, 6.45) is 0.784. The molecule has 0 aliphatic heterocycles. The molecule has 82 valence electrons. The van der Waals surface area contributed by atoms with Crippen molar-refractivity contribution in [1.29, 1.82) is 0 Å². The fourth-order valence-corrected chi connectivity index (χ4v) is 1.26. The minimum Gasteiger partial charge on any atom is -0.344 e. The maximum absolute atomic E-state index is 10.6. The Morgan fingerprint density at radius 2 is 2.19 bits per heavy atom. The standard InChI is InChI=1S/C11H11N3O2/c1-14(2)11-12-10(16-13-11)9-5-3-4-8(6-9)7-15/h3-7H,1-2H3. The van der Waals surface area contributed by atoms with Gasteiger partial charge in [0.15, 0.2) is 0 Å². The third-order valence-corrected chi connectivity index (χ3v) is 2.08. The number of benzene rings is 1. The topological polar surface area (TPSA) is 59.2 Å². The summed E-state index contributed by atoms with van der Waals surface area (Å²) >= 11 is 0. The molecule has 0 saturated carbocycles. The molecule has 0 unspecified atom stereocenters. The Kier molecular flexibility index (Phi) is 2.68. The van der Waals surface area contributed by atoms with Crippen molar-refractivity contribution in [1.82, 2.24) is 10.1 Å². The van der Waals surface area contributed by atoms with E-state index >= 15 is 0 Å². The molecule has 0 saturated heterocycles. The highest BCUT2D eigenvalue weighted by Gasteiger charge is 2.09. The van der Waals surface area contributed by atoms with Crippen LogP contribution < -0.4 is 4.90 Å². The first-order valence-corrected chi connectivity index (χ1v) is 4.77. The molecule has 0 atom stereocenters. The first kappa shape index (κ1) is 10.4. The van der Waals surface area contributed by atoms with Gasteiger partial charge in [0.25, 0.3) is 11.8 Å². The van der Waals surface area contributed by atoms with E-state index < -0.39 is 0 Å². The fraction of sp³-hybridized carbons (Fsp3) is 0.182. The number of rotatable bonds is 3. The lowest BCUT2D eigenvalue weighted by Gasteiger charge is -2.02. The van der Waals surface area contributed by atoms with Gasteiger partial charge in [-0.05, 0) is 17.3 Å². The highest BCUT2D eigenvalue weighted by atomic mass is 16.5. The van der Waals surface area contributed by atoms with E-state index in [0.717, 1.165) is 11.8 Å². The molecule has 5 nitrogen and oxygen atoms in total. The summed E-state index contributed by atoms with van der Waals surface area (Å²) in [6.45, 7) is 0. The molecule has 2 aromatic rings. The van der Waals surface area contributed by atoms with Gasteiger partial charge in [0.1, 0.15) is 6.29 Å². The number of hydrogen-bond acceptors (Lipinski definition) is 5. The third-order valence-electron chi connectivity index (χ3n) is 2.08. The predicted molar refractivity (Wildman–Crippen MR) is 59.4 cm³/mol. The molecular formula is C11H11N3O2. The smallest absolute Gasteiger partial charge is 0.265 e. The second kappa shape index (κ2) is 4.14. The molecule has 0 N–H and O–H groups in total. The zero-order valence-corrected chi connectivity index (χ0v) is 9.04. The first-order chi connectivity index (χ1) is 7.70. The lowest BCUT2D eigenvalue weighted by molar-refractivity contribution is 0.112. The SMILES string of the molecule is CN(C)c1noc(-c2cccc(C=O)c2)n1. The van der Waals surface area contributed by atoms with Gasteiger partial charge in [-0.1, -0.05) is 12.1 Å². The van der Waals surface area contributed by atoms with Crippen molar-refractivity contribution in [2.24, 2.45) is 0 Å². The van der Waals surface area contributed by atoms with Crippen LogP contribution in [0.25, 0.3) is 11.5 Å². The predicted octanol–water partition coefficient (Wildman–Crippen LogP) is 1.62. The van der Waals surface area contributed by atoms with Crippen molar-refractivity contribution >= 4 is 12.2 Å². The molecule has 5 heteroatoms. The Bertz CT molecular complexity index is 505. The number of carbonyl (C=O) groups is 1. The van der Waals surface area contributed by atoms with Crippen LogP contribution in [-0.2, 0) is 0 Å². The van der Waals surface area contributed by atoms with Crippen LogP contribution >= 0.6 is 0 Å². The molecule has 0 aliphatic rings. The fourth-order valence-electron chi connectivity index (χ4n) is 1.26. The first-order valence-electron chi connectivity index (χ1n) is 4.77. The van der Waals surface area contributed by atoms with Crippen LogP contribution in [0.1, 0.15) is 10.4 Å². The maximum Gasteiger partial charge on any atom is 0.265 e. The van der Waals surface area contributed by atoms with E-state index in [1.807, 2.05) is 20.2 Å². The number of carbonyl (C=O) groups excluding carboxylic acids is 1. The Labute approximate surface area is 92.7 Å². The summed E-state index contributed by atoms with van der Waals surface area (Å²) in [5.41, 5.74) is 1.33. The summed E-state index contributed by atoms with van der Waals surface area (Å²) in [6, 6.07) is 7.03. The van der Waals surface area contributed by atoms with E-state index in [1.54, 1.807) is 23.1 Å². The quantitative estimate of drug-likeness (QED) is 0.731. The lowest BCUT2D eigenvalue weighted by Crippen LogP contribution is -2.10. The molecule has 0 amide bonds. The van der Waals surface area contributed by atoms with Gasteiger partial charge in [0, 0.05) is 25.2 Å². The molecule has 0 aliphatic carbocycles. The van der Waals surface area contributed by atoms with Crippen molar-refractivity contribution in [3.05, 3.63) is 29.8 Å².